The van der Waals surface area contributed by atoms with Crippen LogP contribution in [0.25, 0.3) is 45.2 Å². The zero-order chi connectivity index (χ0) is 30.1. The third-order valence-corrected chi connectivity index (χ3v) is 10.8. The number of allylic oxidation sites excluding steroid dienone is 2. The molecule has 214 valence electrons. The molecule has 0 saturated carbocycles. The molecule has 2 unspecified atom stereocenters. The van der Waals surface area contributed by atoms with E-state index < -0.39 is 0 Å². The van der Waals surface area contributed by atoms with Crippen molar-refractivity contribution < 1.29 is 4.42 Å². The zero-order valence-corrected chi connectivity index (χ0v) is 27.3. The molecule has 0 aliphatic heterocycles. The molecule has 0 saturated heterocycles. The van der Waals surface area contributed by atoms with Gasteiger partial charge in [0.2, 0.25) is 0 Å². The van der Waals surface area contributed by atoms with Crippen LogP contribution in [0.15, 0.2) is 147 Å². The lowest BCUT2D eigenvalue weighted by molar-refractivity contribution is 0.656. The molecule has 2 atom stereocenters. The second-order valence-corrected chi connectivity index (χ2v) is 13.5. The minimum atomic E-state index is 0.0514. The van der Waals surface area contributed by atoms with Crippen LogP contribution < -0.4 is 0 Å². The monoisotopic (exact) mass is 704 g/mol. The number of hydrogen-bond acceptors (Lipinski definition) is 1. The first kappa shape index (κ1) is 26.9. The van der Waals surface area contributed by atoms with Crippen molar-refractivity contribution in [1.82, 2.24) is 0 Å². The normalized spacial score (nSPS) is 16.9. The van der Waals surface area contributed by atoms with Gasteiger partial charge in [0, 0.05) is 42.7 Å². The van der Waals surface area contributed by atoms with Gasteiger partial charge < -0.3 is 4.42 Å². The molecule has 1 aromatic heterocycles. The van der Waals surface area contributed by atoms with E-state index in [0.717, 1.165) is 30.9 Å². The highest BCUT2D eigenvalue weighted by molar-refractivity contribution is 9.10. The Bertz CT molecular complexity index is 2210. The summed E-state index contributed by atoms with van der Waals surface area (Å²) in [6.07, 6.45) is 4.69. The quantitative estimate of drug-likeness (QED) is 0.178. The van der Waals surface area contributed by atoms with Crippen molar-refractivity contribution in [3.8, 4) is 0 Å². The first-order valence-electron chi connectivity index (χ1n) is 15.2. The summed E-state index contributed by atoms with van der Waals surface area (Å²) in [5.74, 6) is 0.103. The van der Waals surface area contributed by atoms with Gasteiger partial charge in [-0.3, -0.25) is 0 Å². The van der Waals surface area contributed by atoms with E-state index in [-0.39, 0.29) is 11.8 Å². The molecule has 6 aromatic carbocycles. The van der Waals surface area contributed by atoms with E-state index >= 15 is 0 Å². The molecule has 0 spiro atoms. The average molecular weight is 706 g/mol. The van der Waals surface area contributed by atoms with Crippen molar-refractivity contribution in [2.75, 3.05) is 0 Å². The van der Waals surface area contributed by atoms with Gasteiger partial charge in [0.25, 0.3) is 0 Å². The number of hydrogen-bond donors (Lipinski definition) is 0. The lowest BCUT2D eigenvalue weighted by Crippen LogP contribution is -2.02. The van der Waals surface area contributed by atoms with Gasteiger partial charge in [0.15, 0.2) is 0 Å². The molecule has 2 aliphatic rings. The maximum atomic E-state index is 7.12. The predicted molar refractivity (Wildman–Crippen MR) is 194 cm³/mol. The molecule has 0 radical (unpaired) electrons. The summed E-state index contributed by atoms with van der Waals surface area (Å²) in [4.78, 5) is 0. The SMILES string of the molecule is Brc1ccccc1C1=Cc2ccccc2C1c1cccc2c1oc1c(C3C(c4ccccc4Br)=Cc4ccccc43)cccc12. The van der Waals surface area contributed by atoms with E-state index in [1.165, 1.54) is 55.7 Å². The van der Waals surface area contributed by atoms with Crippen LogP contribution in [0.1, 0.15) is 56.3 Å². The molecular formula is C42H26Br2O. The third-order valence-electron chi connectivity index (χ3n) is 9.44. The third kappa shape index (κ3) is 4.18. The van der Waals surface area contributed by atoms with Crippen LogP contribution in [-0.4, -0.2) is 0 Å². The Balaban J connectivity index is 1.28. The largest absolute Gasteiger partial charge is 0.455 e. The van der Waals surface area contributed by atoms with E-state index in [1.54, 1.807) is 0 Å². The highest BCUT2D eigenvalue weighted by Gasteiger charge is 2.33. The smallest absolute Gasteiger partial charge is 0.139 e. The Kier molecular flexibility index (Phi) is 6.33. The molecule has 0 bridgehead atoms. The molecule has 0 N–H and O–H groups in total. The Morgan fingerprint density at radius 3 is 1.27 bits per heavy atom. The van der Waals surface area contributed by atoms with Crippen molar-refractivity contribution in [3.63, 3.8) is 0 Å². The minimum Gasteiger partial charge on any atom is -0.455 e. The molecule has 3 heteroatoms. The number of fused-ring (bicyclic) bond motifs is 5. The van der Waals surface area contributed by atoms with Crippen LogP contribution in [0, 0.1) is 0 Å². The van der Waals surface area contributed by atoms with Crippen LogP contribution in [0.4, 0.5) is 0 Å². The summed E-state index contributed by atoms with van der Waals surface area (Å²) in [6.45, 7) is 0. The summed E-state index contributed by atoms with van der Waals surface area (Å²) in [6, 6.07) is 47.8. The van der Waals surface area contributed by atoms with E-state index in [0.29, 0.717) is 0 Å². The Hall–Kier alpha value is -4.44. The zero-order valence-electron chi connectivity index (χ0n) is 24.2. The van der Waals surface area contributed by atoms with Crippen molar-refractivity contribution >= 4 is 77.1 Å². The maximum absolute atomic E-state index is 7.12. The molecule has 9 rings (SSSR count). The predicted octanol–water partition coefficient (Wildman–Crippen LogP) is 12.5. The number of rotatable bonds is 4. The lowest BCUT2D eigenvalue weighted by Gasteiger charge is -2.19. The van der Waals surface area contributed by atoms with Crippen molar-refractivity contribution in [1.29, 1.82) is 0 Å². The van der Waals surface area contributed by atoms with Crippen molar-refractivity contribution in [2.45, 2.75) is 11.8 Å². The highest BCUT2D eigenvalue weighted by atomic mass is 79.9. The summed E-state index contributed by atoms with van der Waals surface area (Å²) >= 11 is 7.69. The van der Waals surface area contributed by atoms with E-state index in [1.807, 2.05) is 0 Å². The van der Waals surface area contributed by atoms with Gasteiger partial charge in [0.1, 0.15) is 11.2 Å². The van der Waals surface area contributed by atoms with E-state index in [4.69, 9.17) is 4.42 Å². The number of benzene rings is 6. The van der Waals surface area contributed by atoms with Gasteiger partial charge in [-0.15, -0.1) is 0 Å². The maximum Gasteiger partial charge on any atom is 0.139 e. The number of halogens is 2. The Labute approximate surface area is 278 Å². The molecule has 1 nitrogen and oxygen atoms in total. The van der Waals surface area contributed by atoms with Gasteiger partial charge in [-0.1, -0.05) is 153 Å². The molecule has 1 heterocycles. The topological polar surface area (TPSA) is 13.1 Å². The van der Waals surface area contributed by atoms with Crippen LogP contribution >= 0.6 is 31.9 Å². The fourth-order valence-electron chi connectivity index (χ4n) is 7.49. The van der Waals surface area contributed by atoms with Crippen molar-refractivity contribution in [2.24, 2.45) is 0 Å². The van der Waals surface area contributed by atoms with Gasteiger partial charge in [0.05, 0.1) is 0 Å². The van der Waals surface area contributed by atoms with Gasteiger partial charge in [-0.2, -0.15) is 0 Å². The number of para-hydroxylation sites is 2. The molecule has 7 aromatic rings. The highest BCUT2D eigenvalue weighted by Crippen LogP contribution is 2.52. The Morgan fingerprint density at radius 2 is 0.800 bits per heavy atom. The van der Waals surface area contributed by atoms with Gasteiger partial charge in [-0.25, -0.2) is 0 Å². The van der Waals surface area contributed by atoms with Crippen LogP contribution in [0.5, 0.6) is 0 Å². The lowest BCUT2D eigenvalue weighted by atomic mass is 9.84. The van der Waals surface area contributed by atoms with E-state index in [9.17, 15) is 0 Å². The fourth-order valence-corrected chi connectivity index (χ4v) is 8.52. The standard InChI is InChI=1S/C42H26Br2O/c43-37-21-7-5-15-29(37)35-23-25-11-1-3-13-27(25)39(35)33-19-9-17-31-32-18-10-20-34(42(32)45-41(31)33)40-28-14-4-2-12-26(28)24-36(40)30-16-6-8-22-38(30)44/h1-24,39-40H. The molecule has 0 fully saturated rings. The van der Waals surface area contributed by atoms with Crippen LogP contribution in [0.2, 0.25) is 0 Å². The van der Waals surface area contributed by atoms with Crippen LogP contribution in [-0.2, 0) is 0 Å². The first-order valence-corrected chi connectivity index (χ1v) is 16.8. The average Bonchev–Trinajstić information content (AvgIpc) is 3.77. The summed E-state index contributed by atoms with van der Waals surface area (Å²) in [5.41, 5.74) is 14.4. The van der Waals surface area contributed by atoms with Gasteiger partial charge >= 0.3 is 0 Å². The van der Waals surface area contributed by atoms with Crippen LogP contribution in [0.3, 0.4) is 0 Å². The number of furan rings is 1. The molecule has 0 amide bonds. The second-order valence-electron chi connectivity index (χ2n) is 11.8. The molecule has 45 heavy (non-hydrogen) atoms. The Morgan fingerprint density at radius 1 is 0.400 bits per heavy atom. The summed E-state index contributed by atoms with van der Waals surface area (Å²) < 4.78 is 9.31. The first-order chi connectivity index (χ1) is 22.2. The van der Waals surface area contributed by atoms with Crippen molar-refractivity contribution in [3.05, 3.63) is 187 Å². The molecule has 2 aliphatic carbocycles. The van der Waals surface area contributed by atoms with E-state index in [2.05, 4.69) is 177 Å². The van der Waals surface area contributed by atoms with Gasteiger partial charge in [-0.05, 0) is 68.8 Å². The fraction of sp³-hybridized carbons (Fsp3) is 0.0476. The second kappa shape index (κ2) is 10.6. The minimum absolute atomic E-state index is 0.0514. The molecular weight excluding hydrogens is 680 g/mol. The summed E-state index contributed by atoms with van der Waals surface area (Å²) in [5, 5.41) is 2.30. The summed E-state index contributed by atoms with van der Waals surface area (Å²) in [7, 11) is 0.